The molecule has 2 aromatic carbocycles. The molecule has 0 unspecified atom stereocenters. The van der Waals surface area contributed by atoms with Gasteiger partial charge in [0.25, 0.3) is 0 Å². The summed E-state index contributed by atoms with van der Waals surface area (Å²) >= 11 is 0. The van der Waals surface area contributed by atoms with Gasteiger partial charge in [0.1, 0.15) is 5.75 Å². The number of ether oxygens (including phenoxy) is 1. The second-order valence-electron chi connectivity index (χ2n) is 4.89. The monoisotopic (exact) mass is 314 g/mol. The van der Waals surface area contributed by atoms with Gasteiger partial charge in [0.15, 0.2) is 11.5 Å². The van der Waals surface area contributed by atoms with Crippen LogP contribution in [0.25, 0.3) is 0 Å². The molecule has 0 aromatic heterocycles. The lowest BCUT2D eigenvalue weighted by Crippen LogP contribution is -2.17. The Morgan fingerprint density at radius 3 is 2.65 bits per heavy atom. The third-order valence-electron chi connectivity index (χ3n) is 3.18. The van der Waals surface area contributed by atoms with Crippen molar-refractivity contribution in [3.05, 3.63) is 53.6 Å². The van der Waals surface area contributed by atoms with E-state index in [0.717, 1.165) is 5.56 Å². The van der Waals surface area contributed by atoms with Crippen LogP contribution in [0.5, 0.6) is 17.2 Å². The Balaban J connectivity index is 1.82. The lowest BCUT2D eigenvalue weighted by Gasteiger charge is -2.04. The number of hydrazone groups is 1. The summed E-state index contributed by atoms with van der Waals surface area (Å²) in [6.07, 6.45) is 2.33. The summed E-state index contributed by atoms with van der Waals surface area (Å²) in [5.74, 6) is 0.377. The van der Waals surface area contributed by atoms with E-state index in [-0.39, 0.29) is 17.4 Å². The molecule has 0 saturated carbocycles. The number of amides is 1. The van der Waals surface area contributed by atoms with Gasteiger partial charge in [-0.05, 0) is 47.9 Å². The zero-order valence-corrected chi connectivity index (χ0v) is 12.7. The van der Waals surface area contributed by atoms with Gasteiger partial charge in [0.2, 0.25) is 5.91 Å². The highest BCUT2D eigenvalue weighted by molar-refractivity contribution is 5.83. The van der Waals surface area contributed by atoms with Gasteiger partial charge < -0.3 is 14.9 Å². The minimum Gasteiger partial charge on any atom is -0.508 e. The fourth-order valence-electron chi connectivity index (χ4n) is 1.93. The van der Waals surface area contributed by atoms with E-state index in [2.05, 4.69) is 10.5 Å². The van der Waals surface area contributed by atoms with Crippen molar-refractivity contribution in [2.45, 2.75) is 12.8 Å². The van der Waals surface area contributed by atoms with Crippen LogP contribution in [0.15, 0.2) is 47.6 Å². The fraction of sp³-hybridized carbons (Fsp3) is 0.176. The van der Waals surface area contributed by atoms with Crippen molar-refractivity contribution in [1.82, 2.24) is 5.43 Å². The van der Waals surface area contributed by atoms with E-state index in [9.17, 15) is 15.0 Å². The predicted molar refractivity (Wildman–Crippen MR) is 86.8 cm³/mol. The zero-order chi connectivity index (χ0) is 16.7. The first-order valence-corrected chi connectivity index (χ1v) is 7.05. The molecule has 0 atom stereocenters. The maximum absolute atomic E-state index is 11.7. The summed E-state index contributed by atoms with van der Waals surface area (Å²) in [7, 11) is 1.46. The molecule has 0 radical (unpaired) electrons. The van der Waals surface area contributed by atoms with Gasteiger partial charge in [0, 0.05) is 6.42 Å². The minimum atomic E-state index is -0.208. The summed E-state index contributed by atoms with van der Waals surface area (Å²) < 4.78 is 4.99. The number of aryl methyl sites for hydroxylation is 1. The molecule has 2 rings (SSSR count). The summed E-state index contributed by atoms with van der Waals surface area (Å²) in [5.41, 5.74) is 4.10. The van der Waals surface area contributed by atoms with Crippen LogP contribution in [-0.2, 0) is 11.2 Å². The largest absolute Gasteiger partial charge is 0.508 e. The topological polar surface area (TPSA) is 91.2 Å². The molecular weight excluding hydrogens is 296 g/mol. The van der Waals surface area contributed by atoms with Crippen LogP contribution in [0.4, 0.5) is 0 Å². The number of aromatic hydroxyl groups is 2. The lowest BCUT2D eigenvalue weighted by atomic mass is 10.1. The van der Waals surface area contributed by atoms with Gasteiger partial charge in [-0.25, -0.2) is 5.43 Å². The van der Waals surface area contributed by atoms with Crippen LogP contribution < -0.4 is 10.2 Å². The molecule has 0 bridgehead atoms. The molecule has 0 saturated heterocycles. The molecule has 0 fully saturated rings. The summed E-state index contributed by atoms with van der Waals surface area (Å²) in [6, 6.07) is 11.5. The Bertz CT molecular complexity index is 696. The predicted octanol–water partition coefficient (Wildman–Crippen LogP) is 2.19. The number of benzene rings is 2. The van der Waals surface area contributed by atoms with Crippen molar-refractivity contribution in [2.24, 2.45) is 5.10 Å². The number of rotatable bonds is 6. The Hall–Kier alpha value is -3.02. The van der Waals surface area contributed by atoms with Crippen molar-refractivity contribution in [1.29, 1.82) is 0 Å². The SMILES string of the molecule is COc1cc(/C=N\NC(=O)CCc2ccc(O)cc2)ccc1O. The third-order valence-corrected chi connectivity index (χ3v) is 3.18. The molecule has 6 heteroatoms. The molecule has 0 aliphatic carbocycles. The molecule has 2 aromatic rings. The first-order chi connectivity index (χ1) is 11.1. The molecule has 0 aliphatic rings. The highest BCUT2D eigenvalue weighted by Crippen LogP contribution is 2.25. The third kappa shape index (κ3) is 5.03. The molecule has 120 valence electrons. The van der Waals surface area contributed by atoms with E-state index < -0.39 is 0 Å². The standard InChI is InChI=1S/C17H18N2O4/c1-23-16-10-13(4-8-15(16)21)11-18-19-17(22)9-5-12-2-6-14(20)7-3-12/h2-4,6-8,10-11,20-21H,5,9H2,1H3,(H,19,22)/b18-11-. The molecule has 0 spiro atoms. The summed E-state index contributed by atoms with van der Waals surface area (Å²) in [4.78, 5) is 11.7. The first kappa shape index (κ1) is 16.4. The van der Waals surface area contributed by atoms with Crippen LogP contribution >= 0.6 is 0 Å². The van der Waals surface area contributed by atoms with Crippen LogP contribution in [0, 0.1) is 0 Å². The van der Waals surface area contributed by atoms with E-state index in [0.29, 0.717) is 24.2 Å². The number of nitrogens with one attached hydrogen (secondary N) is 1. The van der Waals surface area contributed by atoms with Crippen molar-refractivity contribution < 1.29 is 19.7 Å². The number of nitrogens with zero attached hydrogens (tertiary/aromatic N) is 1. The number of carbonyl (C=O) groups is 1. The number of hydrogen-bond donors (Lipinski definition) is 3. The normalized spacial score (nSPS) is 10.7. The minimum absolute atomic E-state index is 0.0441. The van der Waals surface area contributed by atoms with Crippen molar-refractivity contribution >= 4 is 12.1 Å². The van der Waals surface area contributed by atoms with Gasteiger partial charge in [0.05, 0.1) is 13.3 Å². The van der Waals surface area contributed by atoms with Crippen molar-refractivity contribution in [3.8, 4) is 17.2 Å². The maximum atomic E-state index is 11.7. The average Bonchev–Trinajstić information content (AvgIpc) is 2.56. The lowest BCUT2D eigenvalue weighted by molar-refractivity contribution is -0.121. The Labute approximate surface area is 134 Å². The van der Waals surface area contributed by atoms with Crippen molar-refractivity contribution in [2.75, 3.05) is 7.11 Å². The Morgan fingerprint density at radius 1 is 1.22 bits per heavy atom. The van der Waals surface area contributed by atoms with E-state index in [1.54, 1.807) is 36.4 Å². The van der Waals surface area contributed by atoms with Crippen LogP contribution in [0.3, 0.4) is 0 Å². The Morgan fingerprint density at radius 2 is 1.96 bits per heavy atom. The van der Waals surface area contributed by atoms with Gasteiger partial charge >= 0.3 is 0 Å². The zero-order valence-electron chi connectivity index (χ0n) is 12.7. The second-order valence-corrected chi connectivity index (χ2v) is 4.89. The van der Waals surface area contributed by atoms with Gasteiger partial charge in [-0.15, -0.1) is 0 Å². The summed E-state index contributed by atoms with van der Waals surface area (Å²) in [5, 5.41) is 22.6. The van der Waals surface area contributed by atoms with Crippen molar-refractivity contribution in [3.63, 3.8) is 0 Å². The molecule has 0 heterocycles. The number of methoxy groups -OCH3 is 1. The molecule has 0 aliphatic heterocycles. The highest BCUT2D eigenvalue weighted by Gasteiger charge is 2.02. The fourth-order valence-corrected chi connectivity index (χ4v) is 1.93. The van der Waals surface area contributed by atoms with Gasteiger partial charge in [-0.1, -0.05) is 12.1 Å². The second kappa shape index (κ2) is 7.84. The van der Waals surface area contributed by atoms with E-state index in [1.807, 2.05) is 0 Å². The average molecular weight is 314 g/mol. The molecule has 23 heavy (non-hydrogen) atoms. The quantitative estimate of drug-likeness (QED) is 0.563. The van der Waals surface area contributed by atoms with Gasteiger partial charge in [-0.2, -0.15) is 5.10 Å². The Kier molecular flexibility index (Phi) is 5.57. The van der Waals surface area contributed by atoms with Gasteiger partial charge in [-0.3, -0.25) is 4.79 Å². The van der Waals surface area contributed by atoms with Crippen LogP contribution in [0.1, 0.15) is 17.5 Å². The van der Waals surface area contributed by atoms with E-state index in [1.165, 1.54) is 19.4 Å². The molecule has 3 N–H and O–H groups in total. The smallest absolute Gasteiger partial charge is 0.240 e. The van der Waals surface area contributed by atoms with Crippen LogP contribution in [0.2, 0.25) is 0 Å². The highest BCUT2D eigenvalue weighted by atomic mass is 16.5. The maximum Gasteiger partial charge on any atom is 0.240 e. The number of hydrogen-bond acceptors (Lipinski definition) is 5. The number of phenolic OH excluding ortho intramolecular Hbond substituents is 2. The number of phenols is 2. The molecular formula is C17H18N2O4. The van der Waals surface area contributed by atoms with Crippen LogP contribution in [-0.4, -0.2) is 29.4 Å². The number of carbonyl (C=O) groups excluding carboxylic acids is 1. The van der Waals surface area contributed by atoms with E-state index in [4.69, 9.17) is 4.74 Å². The first-order valence-electron chi connectivity index (χ1n) is 7.05. The van der Waals surface area contributed by atoms with E-state index >= 15 is 0 Å². The summed E-state index contributed by atoms with van der Waals surface area (Å²) in [6.45, 7) is 0. The molecule has 1 amide bonds. The molecule has 6 nitrogen and oxygen atoms in total.